The maximum Gasteiger partial charge on any atom is 0.341 e. The average Bonchev–Trinajstić information content (AvgIpc) is 3.05. The lowest BCUT2D eigenvalue weighted by atomic mass is 10.2. The molecule has 0 amide bonds. The van der Waals surface area contributed by atoms with Crippen molar-refractivity contribution in [3.8, 4) is 0 Å². The van der Waals surface area contributed by atoms with Gasteiger partial charge in [-0.2, -0.15) is 0 Å². The topological polar surface area (TPSA) is 47.1 Å². The van der Waals surface area contributed by atoms with Gasteiger partial charge in [-0.1, -0.05) is 0 Å². The minimum atomic E-state index is -0.328. The number of benzene rings is 1. The van der Waals surface area contributed by atoms with Crippen LogP contribution in [0.4, 0.5) is 10.1 Å². The fraction of sp³-hybridized carbons (Fsp3) is 0.389. The van der Waals surface area contributed by atoms with Crippen molar-refractivity contribution < 1.29 is 23.2 Å². The normalized spacial score (nSPS) is 15.5. The van der Waals surface area contributed by atoms with Crippen molar-refractivity contribution in [2.75, 3.05) is 37.7 Å². The highest BCUT2D eigenvalue weighted by Crippen LogP contribution is 2.15. The Kier molecular flexibility index (Phi) is 5.15. The molecule has 1 saturated heterocycles. The van der Waals surface area contributed by atoms with Gasteiger partial charge in [0.1, 0.15) is 17.9 Å². The van der Waals surface area contributed by atoms with Gasteiger partial charge in [0.05, 0.1) is 39.0 Å². The smallest absolute Gasteiger partial charge is 0.341 e. The molecule has 1 aliphatic heterocycles. The molecule has 1 fully saturated rings. The molecule has 0 spiro atoms. The SMILES string of the molecule is CCOC(=O)c1ccoc1C[NH+]1CCN(c2ccc(F)cc2)CC1. The average molecular weight is 333 g/mol. The van der Waals surface area contributed by atoms with Crippen molar-refractivity contribution in [1.82, 2.24) is 0 Å². The second kappa shape index (κ2) is 7.49. The summed E-state index contributed by atoms with van der Waals surface area (Å²) in [6, 6.07) is 8.27. The van der Waals surface area contributed by atoms with Crippen LogP contribution in [0.3, 0.4) is 0 Å². The van der Waals surface area contributed by atoms with Crippen LogP contribution in [-0.4, -0.2) is 38.8 Å². The number of anilines is 1. The summed E-state index contributed by atoms with van der Waals surface area (Å²) in [7, 11) is 0. The first-order valence-corrected chi connectivity index (χ1v) is 8.25. The maximum atomic E-state index is 13.0. The standard InChI is InChI=1S/C18H21FN2O3/c1-2-23-18(22)16-7-12-24-17(16)13-20-8-10-21(11-9-20)15-5-3-14(19)4-6-15/h3-7,12H,2,8-11,13H2,1H3/p+1. The zero-order chi connectivity index (χ0) is 16.9. The lowest BCUT2D eigenvalue weighted by Gasteiger charge is -2.33. The van der Waals surface area contributed by atoms with E-state index in [1.165, 1.54) is 23.3 Å². The molecule has 0 atom stereocenters. The monoisotopic (exact) mass is 333 g/mol. The third-order valence-electron chi connectivity index (χ3n) is 4.31. The van der Waals surface area contributed by atoms with E-state index < -0.39 is 0 Å². The highest BCUT2D eigenvalue weighted by molar-refractivity contribution is 5.90. The Labute approximate surface area is 140 Å². The number of ether oxygens (including phenoxy) is 1. The first-order chi connectivity index (χ1) is 11.7. The Morgan fingerprint density at radius 3 is 2.62 bits per heavy atom. The number of hydrogen-bond donors (Lipinski definition) is 1. The van der Waals surface area contributed by atoms with Gasteiger partial charge in [0.25, 0.3) is 0 Å². The van der Waals surface area contributed by atoms with Gasteiger partial charge in [0.15, 0.2) is 5.76 Å². The zero-order valence-corrected chi connectivity index (χ0v) is 13.8. The molecule has 0 unspecified atom stereocenters. The van der Waals surface area contributed by atoms with Crippen LogP contribution < -0.4 is 9.80 Å². The van der Waals surface area contributed by atoms with E-state index in [9.17, 15) is 9.18 Å². The summed E-state index contributed by atoms with van der Waals surface area (Å²) in [6.45, 7) is 6.44. The van der Waals surface area contributed by atoms with Crippen molar-refractivity contribution >= 4 is 11.7 Å². The number of carbonyl (C=O) groups is 1. The van der Waals surface area contributed by atoms with E-state index in [2.05, 4.69) is 4.90 Å². The molecule has 6 heteroatoms. The number of hydrogen-bond acceptors (Lipinski definition) is 4. The van der Waals surface area contributed by atoms with E-state index in [1.807, 2.05) is 12.1 Å². The molecule has 5 nitrogen and oxygen atoms in total. The fourth-order valence-electron chi connectivity index (χ4n) is 3.01. The summed E-state index contributed by atoms with van der Waals surface area (Å²) in [5.41, 5.74) is 1.56. The number of quaternary nitrogens is 1. The van der Waals surface area contributed by atoms with E-state index >= 15 is 0 Å². The zero-order valence-electron chi connectivity index (χ0n) is 13.8. The molecule has 24 heavy (non-hydrogen) atoms. The van der Waals surface area contributed by atoms with Crippen LogP contribution in [0.2, 0.25) is 0 Å². The van der Waals surface area contributed by atoms with Gasteiger partial charge < -0.3 is 19.0 Å². The quantitative estimate of drug-likeness (QED) is 0.843. The van der Waals surface area contributed by atoms with Crippen LogP contribution in [0.25, 0.3) is 0 Å². The van der Waals surface area contributed by atoms with Gasteiger partial charge in [-0.25, -0.2) is 9.18 Å². The molecular formula is C18H22FN2O3+. The van der Waals surface area contributed by atoms with Gasteiger partial charge >= 0.3 is 5.97 Å². The summed E-state index contributed by atoms with van der Waals surface area (Å²) in [6.07, 6.45) is 1.54. The molecular weight excluding hydrogens is 311 g/mol. The van der Waals surface area contributed by atoms with Crippen molar-refractivity contribution in [1.29, 1.82) is 0 Å². The molecule has 3 rings (SSSR count). The lowest BCUT2D eigenvalue weighted by molar-refractivity contribution is -0.915. The largest absolute Gasteiger partial charge is 0.462 e. The fourth-order valence-corrected chi connectivity index (χ4v) is 3.01. The number of nitrogens with one attached hydrogen (secondary N) is 1. The summed E-state index contributed by atoms with van der Waals surface area (Å²) in [5.74, 6) is 0.136. The van der Waals surface area contributed by atoms with Gasteiger partial charge in [0, 0.05) is 5.69 Å². The molecule has 128 valence electrons. The van der Waals surface area contributed by atoms with Crippen LogP contribution >= 0.6 is 0 Å². The maximum absolute atomic E-state index is 13.0. The van der Waals surface area contributed by atoms with Gasteiger partial charge in [-0.05, 0) is 37.3 Å². The molecule has 0 radical (unpaired) electrons. The molecule has 1 aromatic heterocycles. The Morgan fingerprint density at radius 2 is 1.96 bits per heavy atom. The first-order valence-electron chi connectivity index (χ1n) is 8.25. The highest BCUT2D eigenvalue weighted by atomic mass is 19.1. The van der Waals surface area contributed by atoms with E-state index in [-0.39, 0.29) is 11.8 Å². The van der Waals surface area contributed by atoms with Gasteiger partial charge in [-0.3, -0.25) is 0 Å². The van der Waals surface area contributed by atoms with E-state index in [1.54, 1.807) is 13.0 Å². The number of furan rings is 1. The Morgan fingerprint density at radius 1 is 1.25 bits per heavy atom. The number of nitrogens with zero attached hydrogens (tertiary/aromatic N) is 1. The van der Waals surface area contributed by atoms with Crippen LogP contribution in [0.15, 0.2) is 41.0 Å². The van der Waals surface area contributed by atoms with Crippen LogP contribution in [-0.2, 0) is 11.3 Å². The predicted octanol–water partition coefficient (Wildman–Crippen LogP) is 1.50. The van der Waals surface area contributed by atoms with E-state index in [0.717, 1.165) is 31.9 Å². The molecule has 1 aliphatic rings. The van der Waals surface area contributed by atoms with Gasteiger partial charge in [-0.15, -0.1) is 0 Å². The van der Waals surface area contributed by atoms with Crippen molar-refractivity contribution in [3.05, 3.63) is 53.7 Å². The van der Waals surface area contributed by atoms with E-state index in [0.29, 0.717) is 24.5 Å². The number of carbonyl (C=O) groups excluding carboxylic acids is 1. The highest BCUT2D eigenvalue weighted by Gasteiger charge is 2.24. The van der Waals surface area contributed by atoms with Crippen molar-refractivity contribution in [3.63, 3.8) is 0 Å². The third-order valence-corrected chi connectivity index (χ3v) is 4.31. The van der Waals surface area contributed by atoms with E-state index in [4.69, 9.17) is 9.15 Å². The molecule has 2 aromatic rings. The molecule has 2 heterocycles. The second-order valence-electron chi connectivity index (χ2n) is 5.87. The summed E-state index contributed by atoms with van der Waals surface area (Å²) in [5, 5.41) is 0. The Balaban J connectivity index is 1.57. The van der Waals surface area contributed by atoms with Gasteiger partial charge in [0.2, 0.25) is 0 Å². The summed E-state index contributed by atoms with van der Waals surface area (Å²) >= 11 is 0. The number of rotatable bonds is 5. The Hall–Kier alpha value is -2.34. The second-order valence-corrected chi connectivity index (χ2v) is 5.87. The number of esters is 1. The molecule has 0 aliphatic carbocycles. The van der Waals surface area contributed by atoms with Crippen LogP contribution in [0.1, 0.15) is 23.0 Å². The lowest BCUT2D eigenvalue weighted by Crippen LogP contribution is -3.13. The summed E-state index contributed by atoms with van der Waals surface area (Å²) < 4.78 is 23.6. The molecule has 0 saturated carbocycles. The Bertz CT molecular complexity index is 676. The molecule has 1 aromatic carbocycles. The minimum absolute atomic E-state index is 0.215. The minimum Gasteiger partial charge on any atom is -0.462 e. The summed E-state index contributed by atoms with van der Waals surface area (Å²) in [4.78, 5) is 15.5. The number of halogens is 1. The number of piperazine rings is 1. The van der Waals surface area contributed by atoms with Crippen molar-refractivity contribution in [2.24, 2.45) is 0 Å². The first kappa shape index (κ1) is 16.5. The molecule has 1 N–H and O–H groups in total. The van der Waals surface area contributed by atoms with Crippen LogP contribution in [0, 0.1) is 5.82 Å². The predicted molar refractivity (Wildman–Crippen MR) is 87.7 cm³/mol. The molecule has 0 bridgehead atoms. The van der Waals surface area contributed by atoms with Crippen molar-refractivity contribution in [2.45, 2.75) is 13.5 Å². The van der Waals surface area contributed by atoms with Crippen LogP contribution in [0.5, 0.6) is 0 Å². The third kappa shape index (κ3) is 3.76.